The van der Waals surface area contributed by atoms with Crippen molar-refractivity contribution in [3.8, 4) is 17.4 Å². The van der Waals surface area contributed by atoms with E-state index in [9.17, 15) is 8.42 Å². The van der Waals surface area contributed by atoms with Crippen molar-refractivity contribution >= 4 is 10.0 Å². The first-order valence-corrected chi connectivity index (χ1v) is 9.63. The highest BCUT2D eigenvalue weighted by Gasteiger charge is 2.33. The van der Waals surface area contributed by atoms with E-state index in [0.29, 0.717) is 24.6 Å². The zero-order chi connectivity index (χ0) is 18.6. The van der Waals surface area contributed by atoms with Crippen molar-refractivity contribution in [2.75, 3.05) is 27.3 Å². The van der Waals surface area contributed by atoms with Gasteiger partial charge in [-0.3, -0.25) is 0 Å². The van der Waals surface area contributed by atoms with Crippen LogP contribution >= 0.6 is 0 Å². The van der Waals surface area contributed by atoms with E-state index in [4.69, 9.17) is 14.2 Å². The molecule has 2 aromatic rings. The summed E-state index contributed by atoms with van der Waals surface area (Å²) < 4.78 is 43.8. The highest BCUT2D eigenvalue weighted by Crippen LogP contribution is 2.32. The third-order valence-electron chi connectivity index (χ3n) is 4.17. The number of benzene rings is 1. The molecule has 9 heteroatoms. The molecule has 3 rings (SSSR count). The Morgan fingerprint density at radius 1 is 1.19 bits per heavy atom. The van der Waals surface area contributed by atoms with Gasteiger partial charge < -0.3 is 14.2 Å². The lowest BCUT2D eigenvalue weighted by molar-refractivity contribution is 0.124. The molecule has 0 N–H and O–H groups in total. The summed E-state index contributed by atoms with van der Waals surface area (Å²) in [5, 5.41) is 0. The van der Waals surface area contributed by atoms with E-state index in [1.54, 1.807) is 24.4 Å². The summed E-state index contributed by atoms with van der Waals surface area (Å²) in [5.74, 6) is 1.22. The molecule has 0 amide bonds. The van der Waals surface area contributed by atoms with E-state index < -0.39 is 10.0 Å². The minimum absolute atomic E-state index is 0.114. The fraction of sp³-hybridized carbons (Fsp3) is 0.412. The summed E-state index contributed by atoms with van der Waals surface area (Å²) in [5.41, 5.74) is 0. The molecule has 0 aliphatic carbocycles. The molecule has 1 aliphatic heterocycles. The Kier molecular flexibility index (Phi) is 5.58. The number of ether oxygens (including phenoxy) is 3. The predicted octanol–water partition coefficient (Wildman–Crippen LogP) is 1.73. The van der Waals surface area contributed by atoms with Crippen LogP contribution < -0.4 is 14.2 Å². The van der Waals surface area contributed by atoms with Gasteiger partial charge in [0.2, 0.25) is 15.9 Å². The molecule has 0 bridgehead atoms. The van der Waals surface area contributed by atoms with Gasteiger partial charge in [-0.05, 0) is 25.0 Å². The molecule has 2 heterocycles. The van der Waals surface area contributed by atoms with Crippen LogP contribution in [0.4, 0.5) is 0 Å². The molecule has 0 saturated carbocycles. The largest absolute Gasteiger partial charge is 0.497 e. The number of piperidine rings is 1. The van der Waals surface area contributed by atoms with Crippen LogP contribution in [0, 0.1) is 0 Å². The molecule has 1 aliphatic rings. The molecule has 26 heavy (non-hydrogen) atoms. The average molecular weight is 379 g/mol. The van der Waals surface area contributed by atoms with E-state index in [1.165, 1.54) is 30.9 Å². The van der Waals surface area contributed by atoms with Crippen molar-refractivity contribution in [1.82, 2.24) is 14.3 Å². The van der Waals surface area contributed by atoms with Gasteiger partial charge in [0.05, 0.1) is 20.8 Å². The summed E-state index contributed by atoms with van der Waals surface area (Å²) in [4.78, 5) is 7.99. The SMILES string of the molecule is COc1ccc(S(=O)(=O)N2CCCC(Oc3ccncn3)C2)c(OC)c1. The monoisotopic (exact) mass is 379 g/mol. The molecule has 1 saturated heterocycles. The lowest BCUT2D eigenvalue weighted by Gasteiger charge is -2.32. The van der Waals surface area contributed by atoms with Gasteiger partial charge in [-0.25, -0.2) is 18.4 Å². The Balaban J connectivity index is 1.80. The summed E-state index contributed by atoms with van der Waals surface area (Å²) >= 11 is 0. The molecule has 0 spiro atoms. The number of hydrogen-bond acceptors (Lipinski definition) is 7. The second-order valence-electron chi connectivity index (χ2n) is 5.81. The Hall–Kier alpha value is -2.39. The molecule has 1 fully saturated rings. The second-order valence-corrected chi connectivity index (χ2v) is 7.72. The van der Waals surface area contributed by atoms with Crippen molar-refractivity contribution in [3.63, 3.8) is 0 Å². The van der Waals surface area contributed by atoms with Gasteiger partial charge in [0, 0.05) is 24.9 Å². The van der Waals surface area contributed by atoms with Crippen LogP contribution in [-0.2, 0) is 10.0 Å². The number of hydrogen-bond donors (Lipinski definition) is 0. The zero-order valence-corrected chi connectivity index (χ0v) is 15.5. The number of aromatic nitrogens is 2. The molecular formula is C17H21N3O5S. The summed E-state index contributed by atoms with van der Waals surface area (Å²) in [6.07, 6.45) is 4.18. The van der Waals surface area contributed by atoms with Gasteiger partial charge in [0.1, 0.15) is 28.8 Å². The molecule has 1 atom stereocenters. The highest BCUT2D eigenvalue weighted by molar-refractivity contribution is 7.89. The Bertz CT molecular complexity index is 845. The van der Waals surface area contributed by atoms with Crippen molar-refractivity contribution < 1.29 is 22.6 Å². The third-order valence-corrected chi connectivity index (χ3v) is 6.08. The van der Waals surface area contributed by atoms with Gasteiger partial charge in [-0.1, -0.05) is 0 Å². The highest BCUT2D eigenvalue weighted by atomic mass is 32.2. The van der Waals surface area contributed by atoms with Crippen LogP contribution in [0.15, 0.2) is 41.7 Å². The second kappa shape index (κ2) is 7.88. The smallest absolute Gasteiger partial charge is 0.246 e. The van der Waals surface area contributed by atoms with E-state index in [0.717, 1.165) is 6.42 Å². The van der Waals surface area contributed by atoms with Crippen LogP contribution in [-0.4, -0.2) is 56.1 Å². The van der Waals surface area contributed by atoms with Crippen molar-refractivity contribution in [2.45, 2.75) is 23.8 Å². The molecule has 1 aromatic heterocycles. The first kappa shape index (κ1) is 18.4. The normalized spacial score (nSPS) is 18.3. The van der Waals surface area contributed by atoms with Gasteiger partial charge in [0.15, 0.2) is 0 Å². The fourth-order valence-electron chi connectivity index (χ4n) is 2.87. The minimum Gasteiger partial charge on any atom is -0.497 e. The number of nitrogens with zero attached hydrogens (tertiary/aromatic N) is 3. The van der Waals surface area contributed by atoms with Gasteiger partial charge in [-0.15, -0.1) is 0 Å². The number of sulfonamides is 1. The van der Waals surface area contributed by atoms with E-state index in [2.05, 4.69) is 9.97 Å². The van der Waals surface area contributed by atoms with E-state index >= 15 is 0 Å². The molecule has 140 valence electrons. The third kappa shape index (κ3) is 3.88. The van der Waals surface area contributed by atoms with Crippen LogP contribution in [0.5, 0.6) is 17.4 Å². The van der Waals surface area contributed by atoms with E-state index in [1.807, 2.05) is 0 Å². The summed E-state index contributed by atoms with van der Waals surface area (Å²) in [6, 6.07) is 6.32. The van der Waals surface area contributed by atoms with Crippen LogP contribution in [0.3, 0.4) is 0 Å². The molecule has 1 aromatic carbocycles. The van der Waals surface area contributed by atoms with Crippen LogP contribution in [0.1, 0.15) is 12.8 Å². The summed E-state index contributed by atoms with van der Waals surface area (Å²) in [7, 11) is -0.763. The Morgan fingerprint density at radius 3 is 2.73 bits per heavy atom. The van der Waals surface area contributed by atoms with Crippen molar-refractivity contribution in [1.29, 1.82) is 0 Å². The van der Waals surface area contributed by atoms with Gasteiger partial charge in [0.25, 0.3) is 0 Å². The summed E-state index contributed by atoms with van der Waals surface area (Å²) in [6.45, 7) is 0.683. The van der Waals surface area contributed by atoms with Gasteiger partial charge in [-0.2, -0.15) is 4.31 Å². The molecule has 1 unspecified atom stereocenters. The predicted molar refractivity (Wildman–Crippen MR) is 94.0 cm³/mol. The number of rotatable bonds is 6. The number of methoxy groups -OCH3 is 2. The Morgan fingerprint density at radius 2 is 2.04 bits per heavy atom. The van der Waals surface area contributed by atoms with Crippen LogP contribution in [0.25, 0.3) is 0 Å². The maximum Gasteiger partial charge on any atom is 0.246 e. The minimum atomic E-state index is -3.71. The average Bonchev–Trinajstić information content (AvgIpc) is 2.68. The molecular weight excluding hydrogens is 358 g/mol. The lowest BCUT2D eigenvalue weighted by Crippen LogP contribution is -2.44. The van der Waals surface area contributed by atoms with Gasteiger partial charge >= 0.3 is 0 Å². The van der Waals surface area contributed by atoms with Crippen LogP contribution in [0.2, 0.25) is 0 Å². The lowest BCUT2D eigenvalue weighted by atomic mass is 10.1. The maximum absolute atomic E-state index is 13.1. The quantitative estimate of drug-likeness (QED) is 0.755. The topological polar surface area (TPSA) is 90.9 Å². The fourth-order valence-corrected chi connectivity index (χ4v) is 4.51. The Labute approximate surface area is 152 Å². The first-order valence-electron chi connectivity index (χ1n) is 8.19. The van der Waals surface area contributed by atoms with Crippen molar-refractivity contribution in [2.24, 2.45) is 0 Å². The standard InChI is InChI=1S/C17H21N3O5S/c1-23-13-5-6-16(15(10-13)24-2)26(21,22)20-9-3-4-14(11-20)25-17-7-8-18-12-19-17/h5-8,10,12,14H,3-4,9,11H2,1-2H3. The molecule has 0 radical (unpaired) electrons. The maximum atomic E-state index is 13.1. The first-order chi connectivity index (χ1) is 12.5. The van der Waals surface area contributed by atoms with E-state index in [-0.39, 0.29) is 23.3 Å². The van der Waals surface area contributed by atoms with Crippen molar-refractivity contribution in [3.05, 3.63) is 36.8 Å². The molecule has 8 nitrogen and oxygen atoms in total. The zero-order valence-electron chi connectivity index (χ0n) is 14.7.